The van der Waals surface area contributed by atoms with E-state index in [2.05, 4.69) is 15.6 Å². The first-order chi connectivity index (χ1) is 12.2. The number of carbonyl (C=O) groups is 1. The van der Waals surface area contributed by atoms with Crippen LogP contribution < -0.4 is 20.1 Å². The lowest BCUT2D eigenvalue weighted by atomic mass is 10.2. The number of aromatic nitrogens is 1. The summed E-state index contributed by atoms with van der Waals surface area (Å²) in [5.41, 5.74) is 0.924. The largest absolute Gasteiger partial charge is 0.490 e. The SMILES string of the molecule is CCOc1ccccc1Oc1ccc(CNC(=O)CCCNC)cn1.Cl.Cl. The molecule has 0 bridgehead atoms. The number of pyridine rings is 1. The van der Waals surface area contributed by atoms with Crippen molar-refractivity contribution in [3.8, 4) is 17.4 Å². The summed E-state index contributed by atoms with van der Waals surface area (Å²) in [6.45, 7) is 3.79. The molecule has 1 aromatic heterocycles. The highest BCUT2D eigenvalue weighted by Gasteiger charge is 2.06. The molecule has 0 saturated carbocycles. The molecule has 27 heavy (non-hydrogen) atoms. The minimum absolute atomic E-state index is 0. The number of hydrogen-bond donors (Lipinski definition) is 2. The van der Waals surface area contributed by atoms with E-state index in [9.17, 15) is 4.79 Å². The van der Waals surface area contributed by atoms with Gasteiger partial charge in [-0.2, -0.15) is 0 Å². The smallest absolute Gasteiger partial charge is 0.220 e. The first-order valence-electron chi connectivity index (χ1n) is 8.49. The summed E-state index contributed by atoms with van der Waals surface area (Å²) >= 11 is 0. The molecular formula is C19H27Cl2N3O3. The van der Waals surface area contributed by atoms with Crippen LogP contribution in [-0.2, 0) is 11.3 Å². The molecule has 2 rings (SSSR count). The molecule has 0 atom stereocenters. The van der Waals surface area contributed by atoms with Crippen molar-refractivity contribution in [3.63, 3.8) is 0 Å². The van der Waals surface area contributed by atoms with Crippen LogP contribution in [0.2, 0.25) is 0 Å². The fraction of sp³-hybridized carbons (Fsp3) is 0.368. The fourth-order valence-corrected chi connectivity index (χ4v) is 2.21. The van der Waals surface area contributed by atoms with Crippen molar-refractivity contribution in [3.05, 3.63) is 48.2 Å². The maximum Gasteiger partial charge on any atom is 0.220 e. The average molecular weight is 416 g/mol. The molecule has 0 aliphatic rings. The monoisotopic (exact) mass is 415 g/mol. The number of para-hydroxylation sites is 2. The molecule has 0 aliphatic heterocycles. The van der Waals surface area contributed by atoms with Crippen LogP contribution >= 0.6 is 24.8 Å². The van der Waals surface area contributed by atoms with E-state index in [0.29, 0.717) is 37.0 Å². The van der Waals surface area contributed by atoms with Gasteiger partial charge in [0.15, 0.2) is 11.5 Å². The summed E-state index contributed by atoms with van der Waals surface area (Å²) in [6, 6.07) is 11.1. The van der Waals surface area contributed by atoms with E-state index in [1.165, 1.54) is 0 Å². The van der Waals surface area contributed by atoms with E-state index >= 15 is 0 Å². The van der Waals surface area contributed by atoms with Crippen molar-refractivity contribution in [1.82, 2.24) is 15.6 Å². The first-order valence-corrected chi connectivity index (χ1v) is 8.49. The number of ether oxygens (including phenoxy) is 2. The highest BCUT2D eigenvalue weighted by molar-refractivity contribution is 5.85. The fourth-order valence-electron chi connectivity index (χ4n) is 2.21. The van der Waals surface area contributed by atoms with Crippen LogP contribution in [0.1, 0.15) is 25.3 Å². The lowest BCUT2D eigenvalue weighted by molar-refractivity contribution is -0.121. The molecule has 0 unspecified atom stereocenters. The Hall–Kier alpha value is -2.02. The molecule has 150 valence electrons. The quantitative estimate of drug-likeness (QED) is 0.578. The Morgan fingerprint density at radius 1 is 1.11 bits per heavy atom. The van der Waals surface area contributed by atoms with Gasteiger partial charge in [0, 0.05) is 25.2 Å². The third-order valence-electron chi connectivity index (χ3n) is 3.48. The Morgan fingerprint density at radius 2 is 1.85 bits per heavy atom. The van der Waals surface area contributed by atoms with Crippen molar-refractivity contribution < 1.29 is 14.3 Å². The van der Waals surface area contributed by atoms with Crippen LogP contribution in [0.15, 0.2) is 42.6 Å². The van der Waals surface area contributed by atoms with Crippen molar-refractivity contribution in [2.24, 2.45) is 0 Å². The van der Waals surface area contributed by atoms with Gasteiger partial charge in [-0.05, 0) is 44.6 Å². The second-order valence-electron chi connectivity index (χ2n) is 5.47. The summed E-state index contributed by atoms with van der Waals surface area (Å²) in [7, 11) is 1.87. The Bertz CT molecular complexity index is 670. The average Bonchev–Trinajstić information content (AvgIpc) is 2.63. The van der Waals surface area contributed by atoms with Gasteiger partial charge in [0.2, 0.25) is 11.8 Å². The van der Waals surface area contributed by atoms with Crippen molar-refractivity contribution in [1.29, 1.82) is 0 Å². The topological polar surface area (TPSA) is 72.5 Å². The molecule has 8 heteroatoms. The van der Waals surface area contributed by atoms with Crippen LogP contribution in [0.3, 0.4) is 0 Å². The van der Waals surface area contributed by atoms with Crippen molar-refractivity contribution >= 4 is 30.7 Å². The van der Waals surface area contributed by atoms with Gasteiger partial charge in [-0.15, -0.1) is 24.8 Å². The molecule has 1 amide bonds. The number of hydrogen-bond acceptors (Lipinski definition) is 5. The number of carbonyl (C=O) groups excluding carboxylic acids is 1. The van der Waals surface area contributed by atoms with Gasteiger partial charge in [-0.1, -0.05) is 18.2 Å². The number of halogens is 2. The van der Waals surface area contributed by atoms with Crippen LogP contribution in [-0.4, -0.2) is 31.1 Å². The standard InChI is InChI=1S/C19H25N3O3.2ClH/c1-3-24-16-7-4-5-8-17(16)25-19-11-10-15(14-22-19)13-21-18(23)9-6-12-20-2;;/h4-5,7-8,10-11,14,20H,3,6,9,12-13H2,1-2H3,(H,21,23);2*1H. The maximum atomic E-state index is 11.7. The van der Waals surface area contributed by atoms with Gasteiger partial charge < -0.3 is 20.1 Å². The maximum absolute atomic E-state index is 11.7. The molecule has 0 aliphatic carbocycles. The molecule has 0 fully saturated rings. The second-order valence-corrected chi connectivity index (χ2v) is 5.47. The lowest BCUT2D eigenvalue weighted by Crippen LogP contribution is -2.23. The van der Waals surface area contributed by atoms with E-state index in [4.69, 9.17) is 9.47 Å². The number of nitrogens with one attached hydrogen (secondary N) is 2. The minimum Gasteiger partial charge on any atom is -0.490 e. The summed E-state index contributed by atoms with van der Waals surface area (Å²) in [5.74, 6) is 1.84. The predicted octanol–water partition coefficient (Wildman–Crippen LogP) is 3.73. The number of benzene rings is 1. The van der Waals surface area contributed by atoms with Crippen molar-refractivity contribution in [2.75, 3.05) is 20.2 Å². The van der Waals surface area contributed by atoms with Gasteiger partial charge in [0.1, 0.15) is 0 Å². The summed E-state index contributed by atoms with van der Waals surface area (Å²) in [4.78, 5) is 16.0. The number of amides is 1. The molecule has 2 N–H and O–H groups in total. The van der Waals surface area contributed by atoms with Crippen LogP contribution in [0.5, 0.6) is 17.4 Å². The molecular weight excluding hydrogens is 389 g/mol. The van der Waals surface area contributed by atoms with E-state index in [1.807, 2.05) is 44.3 Å². The Labute approximate surface area is 172 Å². The summed E-state index contributed by atoms with van der Waals surface area (Å²) in [5, 5.41) is 5.91. The van der Waals surface area contributed by atoms with E-state index in [-0.39, 0.29) is 30.7 Å². The van der Waals surface area contributed by atoms with E-state index < -0.39 is 0 Å². The van der Waals surface area contributed by atoms with Gasteiger partial charge in [0.05, 0.1) is 6.61 Å². The molecule has 6 nitrogen and oxygen atoms in total. The highest BCUT2D eigenvalue weighted by atomic mass is 35.5. The Balaban J connectivity index is 0.00000338. The third kappa shape index (κ3) is 8.95. The molecule has 2 aromatic rings. The highest BCUT2D eigenvalue weighted by Crippen LogP contribution is 2.30. The van der Waals surface area contributed by atoms with Crippen molar-refractivity contribution in [2.45, 2.75) is 26.3 Å². The van der Waals surface area contributed by atoms with Crippen LogP contribution in [0, 0.1) is 0 Å². The van der Waals surface area contributed by atoms with E-state index in [1.54, 1.807) is 12.3 Å². The number of nitrogens with zero attached hydrogens (tertiary/aromatic N) is 1. The van der Waals surface area contributed by atoms with Gasteiger partial charge in [-0.25, -0.2) is 4.98 Å². The third-order valence-corrected chi connectivity index (χ3v) is 3.48. The second kappa shape index (κ2) is 14.1. The van der Waals surface area contributed by atoms with Gasteiger partial charge in [-0.3, -0.25) is 4.79 Å². The molecule has 1 aromatic carbocycles. The minimum atomic E-state index is 0. The van der Waals surface area contributed by atoms with Gasteiger partial charge >= 0.3 is 0 Å². The molecule has 0 radical (unpaired) electrons. The number of rotatable bonds is 10. The normalized spacial score (nSPS) is 9.56. The predicted molar refractivity (Wildman–Crippen MR) is 111 cm³/mol. The Morgan fingerprint density at radius 3 is 2.48 bits per heavy atom. The molecule has 0 spiro atoms. The van der Waals surface area contributed by atoms with E-state index in [0.717, 1.165) is 18.5 Å². The zero-order valence-electron chi connectivity index (χ0n) is 15.6. The molecule has 1 heterocycles. The van der Waals surface area contributed by atoms with Crippen LogP contribution in [0.25, 0.3) is 0 Å². The zero-order chi connectivity index (χ0) is 17.9. The summed E-state index contributed by atoms with van der Waals surface area (Å²) in [6.07, 6.45) is 3.04. The lowest BCUT2D eigenvalue weighted by Gasteiger charge is -2.11. The van der Waals surface area contributed by atoms with Crippen LogP contribution in [0.4, 0.5) is 0 Å². The zero-order valence-corrected chi connectivity index (χ0v) is 17.2. The first kappa shape index (κ1) is 25.0. The Kier molecular flexibility index (Phi) is 13.0. The molecule has 0 saturated heterocycles. The van der Waals surface area contributed by atoms with Gasteiger partial charge in [0.25, 0.3) is 0 Å². The summed E-state index contributed by atoms with van der Waals surface area (Å²) < 4.78 is 11.3.